The summed E-state index contributed by atoms with van der Waals surface area (Å²) in [5.41, 5.74) is 2.21. The average Bonchev–Trinajstić information content (AvgIpc) is 3.20. The number of rotatable bonds is 14. The summed E-state index contributed by atoms with van der Waals surface area (Å²) in [5.74, 6) is 0.780. The van der Waals surface area contributed by atoms with Crippen LogP contribution in [0.5, 0.6) is 0 Å². The fourth-order valence-corrected chi connectivity index (χ4v) is 3.22. The Morgan fingerprint density at radius 3 is 2.46 bits per heavy atom. The van der Waals surface area contributed by atoms with Crippen LogP contribution in [0.4, 0.5) is 5.69 Å². The third-order valence-corrected chi connectivity index (χ3v) is 4.75. The Kier molecular flexibility index (Phi) is 10.6. The van der Waals surface area contributed by atoms with E-state index in [0.29, 0.717) is 6.61 Å². The van der Waals surface area contributed by atoms with Crippen molar-refractivity contribution in [3.05, 3.63) is 42.0 Å². The van der Waals surface area contributed by atoms with E-state index >= 15 is 0 Å². The van der Waals surface area contributed by atoms with E-state index < -0.39 is 0 Å². The van der Waals surface area contributed by atoms with E-state index in [1.807, 2.05) is 6.07 Å². The van der Waals surface area contributed by atoms with E-state index in [1.165, 1.54) is 51.4 Å². The normalized spacial score (nSPS) is 13.8. The highest BCUT2D eigenvalue weighted by Crippen LogP contribution is 2.18. The molecule has 2 rings (SSSR count). The van der Waals surface area contributed by atoms with Gasteiger partial charge < -0.3 is 10.1 Å². The monoisotopic (exact) mass is 356 g/mol. The Hall–Kier alpha value is -1.77. The molecule has 26 heavy (non-hydrogen) atoms. The number of para-hydroxylation sites is 1. The number of benzene rings is 1. The number of hydrogen-bond acceptors (Lipinski definition) is 3. The number of nitrogens with zero attached hydrogens (tertiary/aromatic N) is 1. The molecule has 3 nitrogen and oxygen atoms in total. The first-order chi connectivity index (χ1) is 12.9. The van der Waals surface area contributed by atoms with Crippen LogP contribution in [0.3, 0.4) is 0 Å². The Bertz CT molecular complexity index is 551. The summed E-state index contributed by atoms with van der Waals surface area (Å²) in [4.78, 5) is 4.42. The lowest BCUT2D eigenvalue weighted by atomic mass is 10.1. The number of nitrogens with one attached hydrogen (secondary N) is 1. The molecule has 0 bridgehead atoms. The summed E-state index contributed by atoms with van der Waals surface area (Å²) in [5, 5.41) is 3.53. The van der Waals surface area contributed by atoms with Crippen molar-refractivity contribution in [2.75, 3.05) is 25.0 Å². The summed E-state index contributed by atoms with van der Waals surface area (Å²) in [6.07, 6.45) is 18.0. The molecule has 0 aromatic heterocycles. The third kappa shape index (κ3) is 8.07. The van der Waals surface area contributed by atoms with E-state index in [0.717, 1.165) is 43.1 Å². The number of anilines is 1. The van der Waals surface area contributed by atoms with Gasteiger partial charge in [0.15, 0.2) is 0 Å². The molecule has 0 amide bonds. The molecule has 0 saturated carbocycles. The minimum Gasteiger partial charge on any atom is -0.475 e. The van der Waals surface area contributed by atoms with Gasteiger partial charge in [0.05, 0.1) is 12.1 Å². The molecule has 1 aromatic rings. The Morgan fingerprint density at radius 2 is 1.69 bits per heavy atom. The van der Waals surface area contributed by atoms with Gasteiger partial charge in [-0.2, -0.15) is 0 Å². The van der Waals surface area contributed by atoms with E-state index in [9.17, 15) is 0 Å². The number of unbranched alkanes of at least 4 members (excludes halogenated alkanes) is 8. The minimum atomic E-state index is 0.702. The van der Waals surface area contributed by atoms with Gasteiger partial charge in [-0.15, -0.1) is 0 Å². The van der Waals surface area contributed by atoms with Crippen molar-refractivity contribution in [1.82, 2.24) is 0 Å². The summed E-state index contributed by atoms with van der Waals surface area (Å²) >= 11 is 0. The molecule has 1 aliphatic heterocycles. The summed E-state index contributed by atoms with van der Waals surface area (Å²) in [6.45, 7) is 4.73. The lowest BCUT2D eigenvalue weighted by Crippen LogP contribution is -2.08. The maximum Gasteiger partial charge on any atom is 0.218 e. The van der Waals surface area contributed by atoms with Crippen molar-refractivity contribution in [1.29, 1.82) is 0 Å². The molecule has 1 heterocycles. The van der Waals surface area contributed by atoms with Crippen molar-refractivity contribution in [2.24, 2.45) is 4.99 Å². The summed E-state index contributed by atoms with van der Waals surface area (Å²) in [6, 6.07) is 8.28. The number of ether oxygens (including phenoxy) is 1. The van der Waals surface area contributed by atoms with Crippen LogP contribution >= 0.6 is 0 Å². The molecule has 0 atom stereocenters. The van der Waals surface area contributed by atoms with E-state index in [-0.39, 0.29) is 0 Å². The van der Waals surface area contributed by atoms with Crippen LogP contribution in [-0.2, 0) is 4.74 Å². The molecule has 3 heteroatoms. The zero-order valence-corrected chi connectivity index (χ0v) is 16.5. The molecule has 0 unspecified atom stereocenters. The van der Waals surface area contributed by atoms with Crippen LogP contribution in [0, 0.1) is 0 Å². The first-order valence-corrected chi connectivity index (χ1v) is 10.6. The third-order valence-electron chi connectivity index (χ3n) is 4.75. The second-order valence-corrected chi connectivity index (χ2v) is 7.03. The molecule has 0 fully saturated rings. The van der Waals surface area contributed by atoms with Crippen molar-refractivity contribution in [3.8, 4) is 0 Å². The number of hydrogen-bond donors (Lipinski definition) is 1. The summed E-state index contributed by atoms with van der Waals surface area (Å²) < 4.78 is 5.60. The molecule has 0 saturated heterocycles. The topological polar surface area (TPSA) is 33.6 Å². The van der Waals surface area contributed by atoms with E-state index in [4.69, 9.17) is 4.74 Å². The summed E-state index contributed by atoms with van der Waals surface area (Å²) in [7, 11) is 0. The highest BCUT2D eigenvalue weighted by molar-refractivity contribution is 6.00. The fraction of sp³-hybridized carbons (Fsp3) is 0.609. The number of aliphatic imine (C=N–C) groups is 1. The zero-order valence-electron chi connectivity index (χ0n) is 16.5. The van der Waals surface area contributed by atoms with Gasteiger partial charge in [0, 0.05) is 12.2 Å². The van der Waals surface area contributed by atoms with Crippen LogP contribution in [0.2, 0.25) is 0 Å². The molecule has 0 aliphatic carbocycles. The van der Waals surface area contributed by atoms with E-state index in [1.54, 1.807) is 0 Å². The molecular formula is C23H36N2O. The fourth-order valence-electron chi connectivity index (χ4n) is 3.22. The van der Waals surface area contributed by atoms with Gasteiger partial charge in [-0.25, -0.2) is 4.99 Å². The quantitative estimate of drug-likeness (QED) is 0.311. The van der Waals surface area contributed by atoms with Gasteiger partial charge in [0.25, 0.3) is 0 Å². The maximum atomic E-state index is 5.60. The van der Waals surface area contributed by atoms with Crippen LogP contribution in [0.25, 0.3) is 0 Å². The largest absolute Gasteiger partial charge is 0.475 e. The van der Waals surface area contributed by atoms with Crippen molar-refractivity contribution < 1.29 is 4.74 Å². The lowest BCUT2D eigenvalue weighted by molar-refractivity contribution is 0.348. The van der Waals surface area contributed by atoms with E-state index in [2.05, 4.69) is 47.6 Å². The smallest absolute Gasteiger partial charge is 0.218 e. The SMILES string of the molecule is CCCCCCCCCC=CCCCNc1ccccc1C1=NCCO1. The van der Waals surface area contributed by atoms with Crippen LogP contribution in [0.15, 0.2) is 41.4 Å². The Morgan fingerprint density at radius 1 is 0.962 bits per heavy atom. The van der Waals surface area contributed by atoms with Gasteiger partial charge in [-0.3, -0.25) is 0 Å². The van der Waals surface area contributed by atoms with Crippen molar-refractivity contribution >= 4 is 11.6 Å². The maximum absolute atomic E-state index is 5.60. The molecular weight excluding hydrogens is 320 g/mol. The minimum absolute atomic E-state index is 0.702. The van der Waals surface area contributed by atoms with Gasteiger partial charge in [-0.05, 0) is 37.8 Å². The Labute approximate surface area is 159 Å². The van der Waals surface area contributed by atoms with Gasteiger partial charge >= 0.3 is 0 Å². The van der Waals surface area contributed by atoms with Gasteiger partial charge in [0.1, 0.15) is 6.61 Å². The first kappa shape index (κ1) is 20.5. The lowest BCUT2D eigenvalue weighted by Gasteiger charge is -2.11. The zero-order chi connectivity index (χ0) is 18.3. The molecule has 1 aliphatic rings. The van der Waals surface area contributed by atoms with Crippen LogP contribution in [-0.4, -0.2) is 25.6 Å². The second kappa shape index (κ2) is 13.4. The predicted octanol–water partition coefficient (Wildman–Crippen LogP) is 6.35. The van der Waals surface area contributed by atoms with Crippen molar-refractivity contribution in [3.63, 3.8) is 0 Å². The molecule has 1 N–H and O–H groups in total. The Balaban J connectivity index is 1.52. The van der Waals surface area contributed by atoms with Gasteiger partial charge in [0.2, 0.25) is 5.90 Å². The predicted molar refractivity (Wildman–Crippen MR) is 113 cm³/mol. The highest BCUT2D eigenvalue weighted by atomic mass is 16.5. The van der Waals surface area contributed by atoms with Gasteiger partial charge in [-0.1, -0.05) is 69.7 Å². The molecule has 0 radical (unpaired) electrons. The standard InChI is InChI=1S/C23H36N2O/c1-2-3-4-5-6-7-8-9-10-11-12-15-18-24-22-17-14-13-16-21(22)23-25-19-20-26-23/h10-11,13-14,16-17,24H,2-9,12,15,18-20H2,1H3. The number of allylic oxidation sites excluding steroid dienone is 2. The highest BCUT2D eigenvalue weighted by Gasteiger charge is 2.13. The molecule has 1 aromatic carbocycles. The molecule has 0 spiro atoms. The van der Waals surface area contributed by atoms with Crippen LogP contribution in [0.1, 0.15) is 76.7 Å². The average molecular weight is 357 g/mol. The first-order valence-electron chi connectivity index (χ1n) is 10.6. The van der Waals surface area contributed by atoms with Crippen LogP contribution < -0.4 is 5.32 Å². The molecule has 144 valence electrons. The van der Waals surface area contributed by atoms with Crippen molar-refractivity contribution in [2.45, 2.75) is 71.1 Å². The second-order valence-electron chi connectivity index (χ2n) is 7.03.